The highest BCUT2D eigenvalue weighted by molar-refractivity contribution is 5.72. The summed E-state index contributed by atoms with van der Waals surface area (Å²) in [5, 5.41) is 13.4. The number of ether oxygens (including phenoxy) is 1. The number of halogens is 1. The standard InChI is InChI=1S/C15H17FN2O3/c1-9(2)14-10(8-13(19)20)15(21-3)18(17-14)12-7-5-4-6-11(12)16/h4-7,9H,8H2,1-3H3,(H,19,20). The number of rotatable bonds is 5. The van der Waals surface area contributed by atoms with Crippen LogP contribution in [0, 0.1) is 5.82 Å². The minimum atomic E-state index is -0.983. The van der Waals surface area contributed by atoms with Crippen LogP contribution in [-0.2, 0) is 11.2 Å². The van der Waals surface area contributed by atoms with Crippen LogP contribution in [-0.4, -0.2) is 28.0 Å². The van der Waals surface area contributed by atoms with E-state index in [2.05, 4.69) is 5.10 Å². The van der Waals surface area contributed by atoms with Crippen LogP contribution in [0.15, 0.2) is 24.3 Å². The first-order valence-corrected chi connectivity index (χ1v) is 6.58. The van der Waals surface area contributed by atoms with Crippen LogP contribution in [0.2, 0.25) is 0 Å². The summed E-state index contributed by atoms with van der Waals surface area (Å²) in [7, 11) is 1.42. The summed E-state index contributed by atoms with van der Waals surface area (Å²) >= 11 is 0. The molecule has 0 spiro atoms. The molecular formula is C15H17FN2O3. The smallest absolute Gasteiger partial charge is 0.308 e. The molecule has 0 saturated heterocycles. The predicted octanol–water partition coefficient (Wildman–Crippen LogP) is 2.77. The molecule has 2 rings (SSSR count). The average Bonchev–Trinajstić information content (AvgIpc) is 2.77. The summed E-state index contributed by atoms with van der Waals surface area (Å²) in [5.74, 6) is -1.17. The minimum Gasteiger partial charge on any atom is -0.481 e. The predicted molar refractivity (Wildman–Crippen MR) is 75.5 cm³/mol. The van der Waals surface area contributed by atoms with Crippen LogP contribution in [0.1, 0.15) is 31.0 Å². The van der Waals surface area contributed by atoms with Crippen LogP contribution >= 0.6 is 0 Å². The fraction of sp³-hybridized carbons (Fsp3) is 0.333. The van der Waals surface area contributed by atoms with Crippen molar-refractivity contribution in [2.75, 3.05) is 7.11 Å². The Morgan fingerprint density at radius 1 is 1.43 bits per heavy atom. The van der Waals surface area contributed by atoms with Gasteiger partial charge in [-0.3, -0.25) is 4.79 Å². The molecule has 1 aromatic carbocycles. The molecule has 1 heterocycles. The van der Waals surface area contributed by atoms with Gasteiger partial charge in [-0.1, -0.05) is 26.0 Å². The highest BCUT2D eigenvalue weighted by Gasteiger charge is 2.24. The van der Waals surface area contributed by atoms with Gasteiger partial charge in [0.2, 0.25) is 5.88 Å². The lowest BCUT2D eigenvalue weighted by atomic mass is 10.0. The van der Waals surface area contributed by atoms with Crippen LogP contribution in [0.5, 0.6) is 5.88 Å². The topological polar surface area (TPSA) is 64.3 Å². The van der Waals surface area contributed by atoms with Crippen molar-refractivity contribution in [1.82, 2.24) is 9.78 Å². The molecule has 0 aliphatic carbocycles. The average molecular weight is 292 g/mol. The fourth-order valence-corrected chi connectivity index (χ4v) is 2.23. The van der Waals surface area contributed by atoms with E-state index in [1.54, 1.807) is 18.2 Å². The van der Waals surface area contributed by atoms with Gasteiger partial charge in [0, 0.05) is 5.56 Å². The second-order valence-corrected chi connectivity index (χ2v) is 4.96. The molecule has 2 aromatic rings. The Kier molecular flexibility index (Phi) is 4.26. The van der Waals surface area contributed by atoms with Gasteiger partial charge in [0.15, 0.2) is 0 Å². The van der Waals surface area contributed by atoms with Gasteiger partial charge in [-0.05, 0) is 18.1 Å². The van der Waals surface area contributed by atoms with E-state index in [-0.39, 0.29) is 23.9 Å². The largest absolute Gasteiger partial charge is 0.481 e. The third-order valence-corrected chi connectivity index (χ3v) is 3.12. The van der Waals surface area contributed by atoms with Crippen LogP contribution < -0.4 is 4.74 Å². The summed E-state index contributed by atoms with van der Waals surface area (Å²) in [6.45, 7) is 3.80. The third-order valence-electron chi connectivity index (χ3n) is 3.12. The Morgan fingerprint density at radius 2 is 2.10 bits per heavy atom. The van der Waals surface area contributed by atoms with Gasteiger partial charge >= 0.3 is 5.97 Å². The van der Waals surface area contributed by atoms with Gasteiger partial charge in [-0.25, -0.2) is 4.39 Å². The Labute approximate surface area is 122 Å². The molecule has 0 amide bonds. The Hall–Kier alpha value is -2.37. The zero-order chi connectivity index (χ0) is 15.6. The van der Waals surface area contributed by atoms with Crippen LogP contribution in [0.25, 0.3) is 5.69 Å². The van der Waals surface area contributed by atoms with Crippen molar-refractivity contribution >= 4 is 5.97 Å². The van der Waals surface area contributed by atoms with Gasteiger partial charge in [0.05, 0.1) is 19.2 Å². The Morgan fingerprint density at radius 3 is 2.62 bits per heavy atom. The number of carboxylic acids is 1. The molecule has 1 aromatic heterocycles. The van der Waals surface area contributed by atoms with Crippen LogP contribution in [0.4, 0.5) is 4.39 Å². The van der Waals surface area contributed by atoms with E-state index < -0.39 is 11.8 Å². The lowest BCUT2D eigenvalue weighted by Gasteiger charge is -2.08. The van der Waals surface area contributed by atoms with Crippen molar-refractivity contribution in [2.24, 2.45) is 0 Å². The summed E-state index contributed by atoms with van der Waals surface area (Å²) in [6, 6.07) is 6.16. The second kappa shape index (κ2) is 5.95. The van der Waals surface area contributed by atoms with Crippen molar-refractivity contribution in [3.63, 3.8) is 0 Å². The molecule has 0 bridgehead atoms. The first kappa shape index (κ1) is 15.0. The van der Waals surface area contributed by atoms with E-state index in [9.17, 15) is 9.18 Å². The molecule has 5 nitrogen and oxygen atoms in total. The Bertz CT molecular complexity index is 665. The van der Waals surface area contributed by atoms with E-state index in [4.69, 9.17) is 9.84 Å². The number of carbonyl (C=O) groups is 1. The quantitative estimate of drug-likeness (QED) is 0.920. The number of carboxylic acid groups (broad SMARTS) is 1. The Balaban J connectivity index is 2.67. The molecule has 0 radical (unpaired) electrons. The maximum Gasteiger partial charge on any atom is 0.308 e. The van der Waals surface area contributed by atoms with Crippen LogP contribution in [0.3, 0.4) is 0 Å². The summed E-state index contributed by atoms with van der Waals surface area (Å²) in [6.07, 6.45) is -0.217. The molecule has 0 aliphatic heterocycles. The minimum absolute atomic E-state index is 0.00118. The zero-order valence-electron chi connectivity index (χ0n) is 12.1. The van der Waals surface area contributed by atoms with Crippen molar-refractivity contribution in [3.05, 3.63) is 41.3 Å². The first-order chi connectivity index (χ1) is 9.95. The highest BCUT2D eigenvalue weighted by atomic mass is 19.1. The summed E-state index contributed by atoms with van der Waals surface area (Å²) in [5.41, 5.74) is 1.30. The van der Waals surface area contributed by atoms with E-state index in [0.717, 1.165) is 0 Å². The van der Waals surface area contributed by atoms with E-state index in [1.807, 2.05) is 13.8 Å². The van der Waals surface area contributed by atoms with Gasteiger partial charge < -0.3 is 9.84 Å². The molecule has 0 saturated carbocycles. The molecule has 6 heteroatoms. The molecule has 0 unspecified atom stereocenters. The number of hydrogen-bond acceptors (Lipinski definition) is 3. The lowest BCUT2D eigenvalue weighted by molar-refractivity contribution is -0.136. The fourth-order valence-electron chi connectivity index (χ4n) is 2.23. The van der Waals surface area contributed by atoms with E-state index >= 15 is 0 Å². The summed E-state index contributed by atoms with van der Waals surface area (Å²) in [4.78, 5) is 11.1. The number of methoxy groups -OCH3 is 1. The van der Waals surface area contributed by atoms with Crippen molar-refractivity contribution in [1.29, 1.82) is 0 Å². The first-order valence-electron chi connectivity index (χ1n) is 6.58. The number of para-hydroxylation sites is 1. The van der Waals surface area contributed by atoms with Gasteiger partial charge in [-0.15, -0.1) is 0 Å². The van der Waals surface area contributed by atoms with E-state index in [1.165, 1.54) is 17.9 Å². The number of benzene rings is 1. The second-order valence-electron chi connectivity index (χ2n) is 4.96. The lowest BCUT2D eigenvalue weighted by Crippen LogP contribution is -2.05. The van der Waals surface area contributed by atoms with Crippen molar-refractivity contribution in [3.8, 4) is 11.6 Å². The maximum atomic E-state index is 14.0. The molecule has 1 N–H and O–H groups in total. The summed E-state index contributed by atoms with van der Waals surface area (Å²) < 4.78 is 20.6. The molecular weight excluding hydrogens is 275 g/mol. The van der Waals surface area contributed by atoms with Crippen molar-refractivity contribution < 1.29 is 19.0 Å². The monoisotopic (exact) mass is 292 g/mol. The van der Waals surface area contributed by atoms with Crippen molar-refractivity contribution in [2.45, 2.75) is 26.2 Å². The molecule has 112 valence electrons. The normalized spacial score (nSPS) is 10.9. The maximum absolute atomic E-state index is 14.0. The number of hydrogen-bond donors (Lipinski definition) is 1. The molecule has 21 heavy (non-hydrogen) atoms. The number of nitrogens with zero attached hydrogens (tertiary/aromatic N) is 2. The zero-order valence-corrected chi connectivity index (χ0v) is 12.1. The van der Waals surface area contributed by atoms with E-state index in [0.29, 0.717) is 11.3 Å². The SMILES string of the molecule is COc1c(CC(=O)O)c(C(C)C)nn1-c1ccccc1F. The highest BCUT2D eigenvalue weighted by Crippen LogP contribution is 2.31. The molecule has 0 fully saturated rings. The third kappa shape index (κ3) is 2.89. The molecule has 0 aliphatic rings. The van der Waals surface area contributed by atoms with Gasteiger partial charge in [0.25, 0.3) is 0 Å². The molecule has 0 atom stereocenters. The number of aromatic nitrogens is 2. The van der Waals surface area contributed by atoms with Gasteiger partial charge in [-0.2, -0.15) is 9.78 Å². The van der Waals surface area contributed by atoms with Gasteiger partial charge in [0.1, 0.15) is 11.5 Å². The number of aliphatic carboxylic acids is 1.